The highest BCUT2D eigenvalue weighted by molar-refractivity contribution is 5.78. The lowest BCUT2D eigenvalue weighted by Gasteiger charge is -2.33. The molecule has 1 amide bonds. The Balaban J connectivity index is 1.53. The van der Waals surface area contributed by atoms with Gasteiger partial charge in [-0.1, -0.05) is 13.3 Å². The van der Waals surface area contributed by atoms with E-state index in [1.807, 2.05) is 0 Å². The van der Waals surface area contributed by atoms with Gasteiger partial charge in [0.05, 0.1) is 0 Å². The third-order valence-electron chi connectivity index (χ3n) is 5.34. The summed E-state index contributed by atoms with van der Waals surface area (Å²) in [5.41, 5.74) is 0. The summed E-state index contributed by atoms with van der Waals surface area (Å²) in [6.45, 7) is 6.92. The highest BCUT2D eigenvalue weighted by Crippen LogP contribution is 2.25. The first kappa shape index (κ1) is 18.0. The van der Waals surface area contributed by atoms with Crippen LogP contribution in [0.15, 0.2) is 12.4 Å². The molecule has 0 radical (unpaired) electrons. The van der Waals surface area contributed by atoms with Crippen molar-refractivity contribution in [2.45, 2.75) is 51.9 Å². The number of amides is 1. The predicted octanol–water partition coefficient (Wildman–Crippen LogP) is 2.60. The number of hydrogen-bond donors (Lipinski definition) is 1. The van der Waals surface area contributed by atoms with Gasteiger partial charge >= 0.3 is 0 Å². The number of nitrogens with zero attached hydrogens (tertiary/aromatic N) is 4. The van der Waals surface area contributed by atoms with Crippen molar-refractivity contribution in [1.82, 2.24) is 15.3 Å². The van der Waals surface area contributed by atoms with Crippen molar-refractivity contribution >= 4 is 17.5 Å². The average molecular weight is 345 g/mol. The Morgan fingerprint density at radius 2 is 1.72 bits per heavy atom. The fourth-order valence-electron chi connectivity index (χ4n) is 3.71. The van der Waals surface area contributed by atoms with E-state index < -0.39 is 0 Å². The molecule has 0 bridgehead atoms. The number of piperidine rings is 2. The van der Waals surface area contributed by atoms with E-state index in [4.69, 9.17) is 0 Å². The second kappa shape index (κ2) is 9.02. The molecule has 0 unspecified atom stereocenters. The van der Waals surface area contributed by atoms with Gasteiger partial charge in [-0.15, -0.1) is 0 Å². The van der Waals surface area contributed by atoms with E-state index in [1.54, 1.807) is 6.33 Å². The summed E-state index contributed by atoms with van der Waals surface area (Å²) >= 11 is 0. The second-order valence-electron chi connectivity index (χ2n) is 7.19. The highest BCUT2D eigenvalue weighted by atomic mass is 16.1. The van der Waals surface area contributed by atoms with Crippen LogP contribution in [0.1, 0.15) is 51.9 Å². The summed E-state index contributed by atoms with van der Waals surface area (Å²) in [6, 6.07) is 2.12. The van der Waals surface area contributed by atoms with Crippen molar-refractivity contribution in [2.24, 2.45) is 5.92 Å². The van der Waals surface area contributed by atoms with E-state index in [2.05, 4.69) is 38.1 Å². The van der Waals surface area contributed by atoms with Crippen molar-refractivity contribution in [1.29, 1.82) is 0 Å². The first-order chi connectivity index (χ1) is 12.3. The minimum Gasteiger partial charge on any atom is -0.356 e. The van der Waals surface area contributed by atoms with E-state index in [0.29, 0.717) is 0 Å². The standard InChI is InChI=1S/C19H31N5O/c1-2-3-9-20-19(25)16-7-12-24(13-8-16)18-14-17(21-15-22-18)23-10-5-4-6-11-23/h14-16H,2-13H2,1H3,(H,20,25). The Morgan fingerprint density at radius 1 is 1.08 bits per heavy atom. The van der Waals surface area contributed by atoms with Gasteiger partial charge in [-0.25, -0.2) is 9.97 Å². The Kier molecular flexibility index (Phi) is 6.48. The molecule has 0 saturated carbocycles. The first-order valence-electron chi connectivity index (χ1n) is 9.87. The summed E-state index contributed by atoms with van der Waals surface area (Å²) in [7, 11) is 0. The number of carbonyl (C=O) groups excluding carboxylic acids is 1. The van der Waals surface area contributed by atoms with Crippen molar-refractivity contribution in [3.8, 4) is 0 Å². The molecule has 3 heterocycles. The van der Waals surface area contributed by atoms with Crippen LogP contribution in [0.25, 0.3) is 0 Å². The number of nitrogens with one attached hydrogen (secondary N) is 1. The van der Waals surface area contributed by atoms with Gasteiger partial charge in [0.15, 0.2) is 0 Å². The first-order valence-corrected chi connectivity index (χ1v) is 9.87. The molecule has 2 aliphatic heterocycles. The third kappa shape index (κ3) is 4.83. The van der Waals surface area contributed by atoms with E-state index >= 15 is 0 Å². The fourth-order valence-corrected chi connectivity index (χ4v) is 3.71. The summed E-state index contributed by atoms with van der Waals surface area (Å²) in [6.07, 6.45) is 9.49. The number of carbonyl (C=O) groups is 1. The van der Waals surface area contributed by atoms with Crippen LogP contribution in [0.5, 0.6) is 0 Å². The zero-order valence-electron chi connectivity index (χ0n) is 15.4. The van der Waals surface area contributed by atoms with Crippen molar-refractivity contribution in [2.75, 3.05) is 42.5 Å². The van der Waals surface area contributed by atoms with Crippen molar-refractivity contribution < 1.29 is 4.79 Å². The van der Waals surface area contributed by atoms with Gasteiger partial charge in [0.2, 0.25) is 5.91 Å². The zero-order valence-corrected chi connectivity index (χ0v) is 15.4. The number of aromatic nitrogens is 2. The quantitative estimate of drug-likeness (QED) is 0.803. The van der Waals surface area contributed by atoms with Crippen LogP contribution in [-0.4, -0.2) is 48.6 Å². The number of unbranched alkanes of at least 4 members (excludes halogenated alkanes) is 1. The Hall–Kier alpha value is -1.85. The van der Waals surface area contributed by atoms with E-state index in [0.717, 1.165) is 70.0 Å². The van der Waals surface area contributed by atoms with Crippen LogP contribution in [0.3, 0.4) is 0 Å². The minimum atomic E-state index is 0.150. The van der Waals surface area contributed by atoms with E-state index in [1.165, 1.54) is 19.3 Å². The highest BCUT2D eigenvalue weighted by Gasteiger charge is 2.25. The van der Waals surface area contributed by atoms with Crippen LogP contribution in [0.2, 0.25) is 0 Å². The molecule has 1 aromatic rings. The van der Waals surface area contributed by atoms with Crippen LogP contribution >= 0.6 is 0 Å². The molecular formula is C19H31N5O. The summed E-state index contributed by atoms with van der Waals surface area (Å²) in [5.74, 6) is 2.42. The van der Waals surface area contributed by atoms with E-state index in [-0.39, 0.29) is 11.8 Å². The van der Waals surface area contributed by atoms with Crippen LogP contribution < -0.4 is 15.1 Å². The number of anilines is 2. The molecular weight excluding hydrogens is 314 g/mol. The topological polar surface area (TPSA) is 61.4 Å². The summed E-state index contributed by atoms with van der Waals surface area (Å²) in [4.78, 5) is 25.8. The van der Waals surface area contributed by atoms with Gasteiger partial charge in [-0.05, 0) is 38.5 Å². The molecule has 25 heavy (non-hydrogen) atoms. The van der Waals surface area contributed by atoms with Gasteiger partial charge in [-0.2, -0.15) is 0 Å². The number of hydrogen-bond acceptors (Lipinski definition) is 5. The van der Waals surface area contributed by atoms with Gasteiger partial charge in [0.25, 0.3) is 0 Å². The molecule has 2 fully saturated rings. The maximum Gasteiger partial charge on any atom is 0.223 e. The monoisotopic (exact) mass is 345 g/mol. The lowest BCUT2D eigenvalue weighted by Crippen LogP contribution is -2.41. The molecule has 138 valence electrons. The maximum atomic E-state index is 12.2. The van der Waals surface area contributed by atoms with Crippen molar-refractivity contribution in [3.05, 3.63) is 12.4 Å². The average Bonchev–Trinajstić information content (AvgIpc) is 2.69. The van der Waals surface area contributed by atoms with Crippen LogP contribution in [-0.2, 0) is 4.79 Å². The van der Waals surface area contributed by atoms with Gasteiger partial charge < -0.3 is 15.1 Å². The molecule has 0 aromatic carbocycles. The Labute approximate surface area is 151 Å². The molecule has 3 rings (SSSR count). The Bertz CT molecular complexity index is 551. The van der Waals surface area contributed by atoms with Gasteiger partial charge in [0.1, 0.15) is 18.0 Å². The molecule has 0 spiro atoms. The molecule has 2 saturated heterocycles. The maximum absolute atomic E-state index is 12.2. The Morgan fingerprint density at radius 3 is 2.36 bits per heavy atom. The largest absolute Gasteiger partial charge is 0.356 e. The molecule has 6 heteroatoms. The molecule has 0 atom stereocenters. The summed E-state index contributed by atoms with van der Waals surface area (Å²) < 4.78 is 0. The molecule has 2 aliphatic rings. The molecule has 1 N–H and O–H groups in total. The second-order valence-corrected chi connectivity index (χ2v) is 7.19. The lowest BCUT2D eigenvalue weighted by atomic mass is 9.96. The predicted molar refractivity (Wildman–Crippen MR) is 101 cm³/mol. The van der Waals surface area contributed by atoms with Gasteiger partial charge in [-0.3, -0.25) is 4.79 Å². The SMILES string of the molecule is CCCCNC(=O)C1CCN(c2cc(N3CCCCC3)ncn2)CC1. The van der Waals surface area contributed by atoms with Gasteiger partial charge in [0, 0.05) is 44.7 Å². The lowest BCUT2D eigenvalue weighted by molar-refractivity contribution is -0.125. The fraction of sp³-hybridized carbons (Fsp3) is 0.737. The van der Waals surface area contributed by atoms with Crippen molar-refractivity contribution in [3.63, 3.8) is 0 Å². The minimum absolute atomic E-state index is 0.150. The number of rotatable bonds is 6. The molecule has 1 aromatic heterocycles. The smallest absolute Gasteiger partial charge is 0.223 e. The molecule has 0 aliphatic carbocycles. The van der Waals surface area contributed by atoms with E-state index in [9.17, 15) is 4.79 Å². The zero-order chi connectivity index (χ0) is 17.5. The summed E-state index contributed by atoms with van der Waals surface area (Å²) in [5, 5.41) is 3.07. The van der Waals surface area contributed by atoms with Crippen LogP contribution in [0.4, 0.5) is 11.6 Å². The van der Waals surface area contributed by atoms with Crippen LogP contribution in [0, 0.1) is 5.92 Å². The normalized spacial score (nSPS) is 19.1. The molecule has 6 nitrogen and oxygen atoms in total. The third-order valence-corrected chi connectivity index (χ3v) is 5.34.